The molecule has 1 unspecified atom stereocenters. The average molecular weight is 569 g/mol. The lowest BCUT2D eigenvalue weighted by molar-refractivity contribution is 0.0666. The molecule has 5 nitrogen and oxygen atoms in total. The number of allylic oxidation sites excluding steroid dienone is 1. The van der Waals surface area contributed by atoms with Crippen LogP contribution in [-0.2, 0) is 11.2 Å². The maximum absolute atomic E-state index is 13.6. The van der Waals surface area contributed by atoms with Gasteiger partial charge in [-0.05, 0) is 76.2 Å². The van der Waals surface area contributed by atoms with Crippen molar-refractivity contribution >= 4 is 22.8 Å². The van der Waals surface area contributed by atoms with Crippen molar-refractivity contribution in [1.29, 1.82) is 0 Å². The molecule has 0 bridgehead atoms. The Morgan fingerprint density at radius 2 is 1.40 bits per heavy atom. The van der Waals surface area contributed by atoms with E-state index in [9.17, 15) is 9.59 Å². The van der Waals surface area contributed by atoms with E-state index in [2.05, 4.69) is 66.6 Å². The number of ether oxygens (including phenoxy) is 1. The van der Waals surface area contributed by atoms with Crippen LogP contribution in [0.1, 0.15) is 71.5 Å². The predicted molar refractivity (Wildman–Crippen MR) is 176 cm³/mol. The summed E-state index contributed by atoms with van der Waals surface area (Å²) in [7, 11) is 4.02. The number of aryl methyl sites for hydroxylation is 1. The zero-order valence-electron chi connectivity index (χ0n) is 26.6. The molecule has 3 aromatic rings. The number of carbonyl (C=O) groups excluding carboxylic acids is 2. The first-order valence-corrected chi connectivity index (χ1v) is 15.0. The highest BCUT2D eigenvalue weighted by Gasteiger charge is 2.39. The standard InChI is InChI=1S/C24H32N2O2.C13H16O/c1-5-24(25(3)4,18-20-8-6-19(2)7-9-20)23(27)21-10-12-22(13-11-21)26-14-16-28-17-15-26;1-9(2)11-5-7-12(8-6-11)13(14)10(3)4/h6-13H,5,14-18H2,1-4H3;5-8,10H,1H2,2-4H3. The maximum atomic E-state index is 13.6. The van der Waals surface area contributed by atoms with E-state index in [1.165, 1.54) is 11.1 Å². The summed E-state index contributed by atoms with van der Waals surface area (Å²) in [6.45, 7) is 17.1. The fourth-order valence-electron chi connectivity index (χ4n) is 5.25. The Hall–Kier alpha value is -3.54. The smallest absolute Gasteiger partial charge is 0.183 e. The molecule has 0 spiro atoms. The second-order valence-electron chi connectivity index (χ2n) is 11.8. The fraction of sp³-hybridized carbons (Fsp3) is 0.405. The molecule has 42 heavy (non-hydrogen) atoms. The largest absolute Gasteiger partial charge is 0.378 e. The molecule has 0 N–H and O–H groups in total. The highest BCUT2D eigenvalue weighted by Crippen LogP contribution is 2.29. The second-order valence-corrected chi connectivity index (χ2v) is 11.8. The van der Waals surface area contributed by atoms with Gasteiger partial charge < -0.3 is 9.64 Å². The van der Waals surface area contributed by atoms with Crippen molar-refractivity contribution in [3.05, 3.63) is 107 Å². The van der Waals surface area contributed by atoms with Crippen molar-refractivity contribution in [3.63, 3.8) is 0 Å². The molecule has 1 saturated heterocycles. The number of morpholine rings is 1. The van der Waals surface area contributed by atoms with Gasteiger partial charge in [0.15, 0.2) is 11.6 Å². The molecule has 1 fully saturated rings. The first kappa shape index (κ1) is 33.0. The molecular formula is C37H48N2O3. The van der Waals surface area contributed by atoms with E-state index in [0.717, 1.165) is 60.7 Å². The lowest BCUT2D eigenvalue weighted by Gasteiger charge is -2.38. The molecule has 4 rings (SSSR count). The number of hydrogen-bond donors (Lipinski definition) is 0. The summed E-state index contributed by atoms with van der Waals surface area (Å²) in [4.78, 5) is 29.6. The highest BCUT2D eigenvalue weighted by molar-refractivity contribution is 6.03. The average Bonchev–Trinajstić information content (AvgIpc) is 3.01. The Labute approximate surface area is 253 Å². The Kier molecular flexibility index (Phi) is 11.8. The first-order chi connectivity index (χ1) is 20.0. The van der Waals surface area contributed by atoms with E-state index >= 15 is 0 Å². The monoisotopic (exact) mass is 568 g/mol. The Morgan fingerprint density at radius 1 is 0.881 bits per heavy atom. The first-order valence-electron chi connectivity index (χ1n) is 15.0. The number of nitrogens with zero attached hydrogens (tertiary/aromatic N) is 2. The third-order valence-electron chi connectivity index (χ3n) is 8.17. The second kappa shape index (κ2) is 15.1. The van der Waals surface area contributed by atoms with Gasteiger partial charge in [0.1, 0.15) is 0 Å². The van der Waals surface area contributed by atoms with Gasteiger partial charge in [-0.15, -0.1) is 0 Å². The van der Waals surface area contributed by atoms with E-state index in [1.54, 1.807) is 0 Å². The Bertz CT molecular complexity index is 1320. The molecule has 5 heteroatoms. The summed E-state index contributed by atoms with van der Waals surface area (Å²) in [5.41, 5.74) is 6.71. The number of anilines is 1. The minimum Gasteiger partial charge on any atom is -0.378 e. The molecule has 224 valence electrons. The highest BCUT2D eigenvalue weighted by atomic mass is 16.5. The summed E-state index contributed by atoms with van der Waals surface area (Å²) >= 11 is 0. The van der Waals surface area contributed by atoms with Crippen LogP contribution in [0.4, 0.5) is 5.69 Å². The number of likely N-dealkylation sites (N-methyl/N-ethyl adjacent to an activating group) is 1. The molecule has 0 radical (unpaired) electrons. The van der Waals surface area contributed by atoms with Crippen LogP contribution in [0.3, 0.4) is 0 Å². The van der Waals surface area contributed by atoms with Crippen LogP contribution in [0.25, 0.3) is 5.57 Å². The molecule has 0 saturated carbocycles. The molecule has 0 aliphatic carbocycles. The van der Waals surface area contributed by atoms with Crippen molar-refractivity contribution in [1.82, 2.24) is 4.90 Å². The number of hydrogen-bond acceptors (Lipinski definition) is 5. The molecule has 1 aliphatic rings. The van der Waals surface area contributed by atoms with Crippen LogP contribution in [0.15, 0.2) is 79.4 Å². The van der Waals surface area contributed by atoms with E-state index < -0.39 is 5.54 Å². The summed E-state index contributed by atoms with van der Waals surface area (Å²) in [6, 6.07) is 24.2. The van der Waals surface area contributed by atoms with Crippen LogP contribution in [0.2, 0.25) is 0 Å². The predicted octanol–water partition coefficient (Wildman–Crippen LogP) is 7.53. The van der Waals surface area contributed by atoms with Gasteiger partial charge in [-0.1, -0.05) is 87.0 Å². The topological polar surface area (TPSA) is 49.9 Å². The van der Waals surface area contributed by atoms with Crippen molar-refractivity contribution < 1.29 is 14.3 Å². The van der Waals surface area contributed by atoms with Crippen molar-refractivity contribution in [2.24, 2.45) is 5.92 Å². The van der Waals surface area contributed by atoms with E-state index in [4.69, 9.17) is 4.74 Å². The summed E-state index contributed by atoms with van der Waals surface area (Å²) in [5, 5.41) is 0. The van der Waals surface area contributed by atoms with E-state index in [1.807, 2.05) is 71.3 Å². The van der Waals surface area contributed by atoms with Crippen LogP contribution < -0.4 is 4.90 Å². The van der Waals surface area contributed by atoms with E-state index in [0.29, 0.717) is 6.42 Å². The summed E-state index contributed by atoms with van der Waals surface area (Å²) < 4.78 is 5.43. The molecule has 3 aromatic carbocycles. The molecule has 0 amide bonds. The Morgan fingerprint density at radius 3 is 1.88 bits per heavy atom. The van der Waals surface area contributed by atoms with Gasteiger partial charge in [-0.25, -0.2) is 0 Å². The molecule has 1 heterocycles. The van der Waals surface area contributed by atoms with Gasteiger partial charge in [0.2, 0.25) is 0 Å². The van der Waals surface area contributed by atoms with Crippen LogP contribution in [0, 0.1) is 12.8 Å². The molecule has 1 aliphatic heterocycles. The molecule has 0 aromatic heterocycles. The van der Waals surface area contributed by atoms with Crippen LogP contribution in [-0.4, -0.2) is 62.4 Å². The number of rotatable bonds is 10. The normalized spacial score (nSPS) is 14.6. The minimum absolute atomic E-state index is 0.0608. The van der Waals surface area contributed by atoms with Crippen molar-refractivity contribution in [3.8, 4) is 0 Å². The zero-order chi connectivity index (χ0) is 30.9. The Balaban J connectivity index is 0.000000291. The van der Waals surface area contributed by atoms with Gasteiger partial charge in [0.05, 0.1) is 18.8 Å². The third-order valence-corrected chi connectivity index (χ3v) is 8.17. The number of benzene rings is 3. The fourth-order valence-corrected chi connectivity index (χ4v) is 5.25. The van der Waals surface area contributed by atoms with Gasteiger partial charge in [0.25, 0.3) is 0 Å². The quantitative estimate of drug-likeness (QED) is 0.237. The van der Waals surface area contributed by atoms with E-state index in [-0.39, 0.29) is 17.5 Å². The van der Waals surface area contributed by atoms with Gasteiger partial charge >= 0.3 is 0 Å². The third kappa shape index (κ3) is 8.27. The van der Waals surface area contributed by atoms with Crippen molar-refractivity contribution in [2.75, 3.05) is 45.3 Å². The number of Topliss-reactive ketones (excluding diaryl/α,β-unsaturated/α-hetero) is 2. The van der Waals surface area contributed by atoms with Crippen LogP contribution in [0.5, 0.6) is 0 Å². The molecule has 1 atom stereocenters. The van der Waals surface area contributed by atoms with Gasteiger partial charge in [-0.3, -0.25) is 14.5 Å². The zero-order valence-corrected chi connectivity index (χ0v) is 26.6. The van der Waals surface area contributed by atoms with Gasteiger partial charge in [-0.2, -0.15) is 0 Å². The van der Waals surface area contributed by atoms with Gasteiger partial charge in [0, 0.05) is 35.8 Å². The number of carbonyl (C=O) groups is 2. The summed E-state index contributed by atoms with van der Waals surface area (Å²) in [6.07, 6.45) is 1.47. The van der Waals surface area contributed by atoms with Crippen molar-refractivity contribution in [2.45, 2.75) is 53.0 Å². The minimum atomic E-state index is -0.546. The summed E-state index contributed by atoms with van der Waals surface area (Å²) in [5.74, 6) is 0.443. The maximum Gasteiger partial charge on any atom is 0.183 e. The number of ketones is 2. The lowest BCUT2D eigenvalue weighted by atomic mass is 9.80. The SMILES string of the molecule is C=C(C)c1ccc(C(=O)C(C)C)cc1.CCC(Cc1ccc(C)cc1)(C(=O)c1ccc(N2CCOCC2)cc1)N(C)C. The lowest BCUT2D eigenvalue weighted by Crippen LogP contribution is -2.52. The molecular weight excluding hydrogens is 520 g/mol. The van der Waals surface area contributed by atoms with Crippen LogP contribution >= 0.6 is 0 Å².